The van der Waals surface area contributed by atoms with Crippen LogP contribution in [0.2, 0.25) is 0 Å². The van der Waals surface area contributed by atoms with E-state index in [1.54, 1.807) is 19.2 Å². The summed E-state index contributed by atoms with van der Waals surface area (Å²) in [4.78, 5) is 16.0. The zero-order valence-corrected chi connectivity index (χ0v) is 10.9. The van der Waals surface area contributed by atoms with Crippen molar-refractivity contribution in [3.8, 4) is 11.5 Å². The third-order valence-electron chi connectivity index (χ3n) is 2.75. The number of amides is 1. The monoisotopic (exact) mass is 260 g/mol. The Bertz CT molecular complexity index is 611. The topological polar surface area (TPSA) is 71.5 Å². The first kappa shape index (κ1) is 13.1. The van der Waals surface area contributed by atoms with Crippen LogP contribution in [-0.4, -0.2) is 29.7 Å². The number of nitrogens with zero attached hydrogens (tertiary/aromatic N) is 1. The normalized spacial score (nSPS) is 10.4. The number of fused-ring (bicyclic) bond motifs is 1. The molecule has 0 bridgehead atoms. The van der Waals surface area contributed by atoms with Crippen LogP contribution in [0.1, 0.15) is 23.7 Å². The van der Waals surface area contributed by atoms with Gasteiger partial charge in [-0.3, -0.25) is 9.78 Å². The number of carbonyl (C=O) groups is 1. The summed E-state index contributed by atoms with van der Waals surface area (Å²) in [6.45, 7) is 2.51. The predicted octanol–water partition coefficient (Wildman–Crippen LogP) is 2.09. The lowest BCUT2D eigenvalue weighted by Gasteiger charge is -2.11. The van der Waals surface area contributed by atoms with Gasteiger partial charge in [0.1, 0.15) is 11.5 Å². The summed E-state index contributed by atoms with van der Waals surface area (Å²) >= 11 is 0. The molecule has 2 rings (SSSR count). The van der Waals surface area contributed by atoms with E-state index >= 15 is 0 Å². The molecule has 0 saturated carbocycles. The van der Waals surface area contributed by atoms with Crippen molar-refractivity contribution in [3.05, 3.63) is 30.0 Å². The Labute approximate surface area is 111 Å². The number of rotatable bonds is 4. The number of ether oxygens (including phenoxy) is 1. The first-order chi connectivity index (χ1) is 9.17. The standard InChI is InChI=1S/C14H16N2O3/c1-3-6-19-13-8-11-9(12(17)4-5-16-11)7-10(13)14(18)15-2/h4-5,7-8H,3,6H2,1-2H3,(H,15,18)(H,16,17). The summed E-state index contributed by atoms with van der Waals surface area (Å²) in [5.41, 5.74) is 0.991. The van der Waals surface area contributed by atoms with E-state index in [1.165, 1.54) is 12.3 Å². The molecule has 0 saturated heterocycles. The minimum absolute atomic E-state index is 0.0946. The maximum absolute atomic E-state index is 11.9. The van der Waals surface area contributed by atoms with Crippen LogP contribution in [0.15, 0.2) is 24.4 Å². The van der Waals surface area contributed by atoms with E-state index in [1.807, 2.05) is 6.92 Å². The molecule has 0 atom stereocenters. The summed E-state index contributed by atoms with van der Waals surface area (Å²) in [7, 11) is 1.55. The summed E-state index contributed by atoms with van der Waals surface area (Å²) in [6.07, 6.45) is 2.36. The number of nitrogens with one attached hydrogen (secondary N) is 1. The summed E-state index contributed by atoms with van der Waals surface area (Å²) in [5, 5.41) is 12.9. The molecule has 0 radical (unpaired) electrons. The smallest absolute Gasteiger partial charge is 0.254 e. The van der Waals surface area contributed by atoms with E-state index in [0.717, 1.165) is 6.42 Å². The Morgan fingerprint density at radius 3 is 2.95 bits per heavy atom. The van der Waals surface area contributed by atoms with Gasteiger partial charge in [-0.05, 0) is 18.6 Å². The number of hydrogen-bond donors (Lipinski definition) is 2. The molecule has 1 amide bonds. The molecule has 1 aromatic heterocycles. The molecule has 100 valence electrons. The van der Waals surface area contributed by atoms with Crippen LogP contribution >= 0.6 is 0 Å². The van der Waals surface area contributed by atoms with Crippen molar-refractivity contribution < 1.29 is 14.6 Å². The third kappa shape index (κ3) is 2.59. The van der Waals surface area contributed by atoms with E-state index in [9.17, 15) is 9.90 Å². The van der Waals surface area contributed by atoms with Crippen LogP contribution in [0, 0.1) is 0 Å². The molecule has 2 N–H and O–H groups in total. The van der Waals surface area contributed by atoms with Gasteiger partial charge in [0.15, 0.2) is 0 Å². The molecule has 0 unspecified atom stereocenters. The number of benzene rings is 1. The van der Waals surface area contributed by atoms with Gasteiger partial charge in [-0.25, -0.2) is 0 Å². The van der Waals surface area contributed by atoms with E-state index in [0.29, 0.717) is 28.8 Å². The van der Waals surface area contributed by atoms with E-state index < -0.39 is 0 Å². The minimum Gasteiger partial charge on any atom is -0.507 e. The Hall–Kier alpha value is -2.30. The molecule has 1 heterocycles. The van der Waals surface area contributed by atoms with Crippen LogP contribution in [0.4, 0.5) is 0 Å². The fraction of sp³-hybridized carbons (Fsp3) is 0.286. The molecule has 0 spiro atoms. The predicted molar refractivity (Wildman–Crippen MR) is 72.6 cm³/mol. The number of carbonyl (C=O) groups excluding carboxylic acids is 1. The van der Waals surface area contributed by atoms with Gasteiger partial charge >= 0.3 is 0 Å². The van der Waals surface area contributed by atoms with E-state index in [2.05, 4.69) is 10.3 Å². The van der Waals surface area contributed by atoms with Crippen molar-refractivity contribution >= 4 is 16.8 Å². The fourth-order valence-electron chi connectivity index (χ4n) is 1.80. The van der Waals surface area contributed by atoms with Gasteiger partial charge in [-0.2, -0.15) is 0 Å². The van der Waals surface area contributed by atoms with Crippen LogP contribution in [0.5, 0.6) is 11.5 Å². The Morgan fingerprint density at radius 2 is 2.26 bits per heavy atom. The Morgan fingerprint density at radius 1 is 1.47 bits per heavy atom. The SMILES string of the molecule is CCCOc1cc2nccc(O)c2cc1C(=O)NC. The highest BCUT2D eigenvalue weighted by molar-refractivity contribution is 6.01. The molecule has 2 aromatic rings. The summed E-state index contributed by atoms with van der Waals surface area (Å²) in [6, 6.07) is 4.76. The molecule has 5 heteroatoms. The van der Waals surface area contributed by atoms with E-state index in [4.69, 9.17) is 4.74 Å². The molecule has 1 aromatic carbocycles. The third-order valence-corrected chi connectivity index (χ3v) is 2.75. The van der Waals surface area contributed by atoms with E-state index in [-0.39, 0.29) is 11.7 Å². The van der Waals surface area contributed by atoms with Crippen molar-refractivity contribution in [2.45, 2.75) is 13.3 Å². The van der Waals surface area contributed by atoms with Crippen LogP contribution in [0.3, 0.4) is 0 Å². The first-order valence-electron chi connectivity index (χ1n) is 6.14. The van der Waals surface area contributed by atoms with Gasteiger partial charge in [-0.15, -0.1) is 0 Å². The molecule has 0 fully saturated rings. The van der Waals surface area contributed by atoms with Gasteiger partial charge in [0.05, 0.1) is 17.7 Å². The fourth-order valence-corrected chi connectivity index (χ4v) is 1.80. The number of aromatic hydroxyl groups is 1. The average Bonchev–Trinajstić information content (AvgIpc) is 2.43. The average molecular weight is 260 g/mol. The van der Waals surface area contributed by atoms with Crippen LogP contribution in [-0.2, 0) is 0 Å². The molecular weight excluding hydrogens is 244 g/mol. The lowest BCUT2D eigenvalue weighted by molar-refractivity contribution is 0.0959. The second kappa shape index (κ2) is 5.56. The molecule has 5 nitrogen and oxygen atoms in total. The Kier molecular flexibility index (Phi) is 3.85. The highest BCUT2D eigenvalue weighted by Crippen LogP contribution is 2.30. The second-order valence-corrected chi connectivity index (χ2v) is 4.12. The van der Waals surface area contributed by atoms with Crippen molar-refractivity contribution in [2.24, 2.45) is 0 Å². The quantitative estimate of drug-likeness (QED) is 0.883. The van der Waals surface area contributed by atoms with Crippen molar-refractivity contribution in [1.82, 2.24) is 10.3 Å². The van der Waals surface area contributed by atoms with Crippen LogP contribution < -0.4 is 10.1 Å². The molecule has 0 aliphatic heterocycles. The maximum Gasteiger partial charge on any atom is 0.254 e. The zero-order chi connectivity index (χ0) is 13.8. The zero-order valence-electron chi connectivity index (χ0n) is 10.9. The molecular formula is C14H16N2O3. The number of aromatic nitrogens is 1. The minimum atomic E-state index is -0.253. The largest absolute Gasteiger partial charge is 0.507 e. The summed E-state index contributed by atoms with van der Waals surface area (Å²) < 4.78 is 5.57. The molecule has 0 aliphatic rings. The Balaban J connectivity index is 2.60. The second-order valence-electron chi connectivity index (χ2n) is 4.12. The number of hydrogen-bond acceptors (Lipinski definition) is 4. The van der Waals surface area contributed by atoms with Crippen LogP contribution in [0.25, 0.3) is 10.9 Å². The van der Waals surface area contributed by atoms with Crippen molar-refractivity contribution in [1.29, 1.82) is 0 Å². The lowest BCUT2D eigenvalue weighted by atomic mass is 10.1. The van der Waals surface area contributed by atoms with Gasteiger partial charge < -0.3 is 15.2 Å². The van der Waals surface area contributed by atoms with Crippen molar-refractivity contribution in [2.75, 3.05) is 13.7 Å². The maximum atomic E-state index is 11.9. The van der Waals surface area contributed by atoms with Crippen molar-refractivity contribution in [3.63, 3.8) is 0 Å². The van der Waals surface area contributed by atoms with Gasteiger partial charge in [0.25, 0.3) is 5.91 Å². The highest BCUT2D eigenvalue weighted by Gasteiger charge is 2.14. The highest BCUT2D eigenvalue weighted by atomic mass is 16.5. The number of pyridine rings is 1. The lowest BCUT2D eigenvalue weighted by Crippen LogP contribution is -2.19. The van der Waals surface area contributed by atoms with Gasteiger partial charge in [-0.1, -0.05) is 6.92 Å². The first-order valence-corrected chi connectivity index (χ1v) is 6.14. The van der Waals surface area contributed by atoms with Gasteiger partial charge in [0.2, 0.25) is 0 Å². The molecule has 0 aliphatic carbocycles. The van der Waals surface area contributed by atoms with Gasteiger partial charge in [0, 0.05) is 24.7 Å². The summed E-state index contributed by atoms with van der Waals surface area (Å²) in [5.74, 6) is 0.320. The molecule has 19 heavy (non-hydrogen) atoms.